The summed E-state index contributed by atoms with van der Waals surface area (Å²) in [7, 11) is 0. The molecule has 8 nitrogen and oxygen atoms in total. The zero-order chi connectivity index (χ0) is 14.3. The number of hydrogen-bond donors (Lipinski definition) is 4. The Balaban J connectivity index is 2.43. The van der Waals surface area contributed by atoms with Gasteiger partial charge in [-0.3, -0.25) is 5.10 Å². The van der Waals surface area contributed by atoms with E-state index < -0.39 is 17.5 Å². The normalized spacial score (nSPS) is 11.1. The SMILES string of the molecule is CCC(CC)(NC(=O)NCCc1ncn[nH]1)C(=O)O. The minimum absolute atomic E-state index is 0.328. The molecule has 0 saturated heterocycles. The second kappa shape index (κ2) is 6.72. The molecule has 1 aromatic heterocycles. The lowest BCUT2D eigenvalue weighted by atomic mass is 9.93. The molecule has 2 amide bonds. The maximum absolute atomic E-state index is 11.7. The Morgan fingerprint density at radius 1 is 1.42 bits per heavy atom. The summed E-state index contributed by atoms with van der Waals surface area (Å²) in [6.45, 7) is 3.81. The van der Waals surface area contributed by atoms with Gasteiger partial charge in [0.05, 0.1) is 0 Å². The van der Waals surface area contributed by atoms with Crippen LogP contribution < -0.4 is 10.6 Å². The molecule has 0 radical (unpaired) electrons. The Morgan fingerprint density at radius 3 is 2.58 bits per heavy atom. The van der Waals surface area contributed by atoms with Crippen molar-refractivity contribution in [3.05, 3.63) is 12.2 Å². The lowest BCUT2D eigenvalue weighted by Gasteiger charge is -2.28. The number of nitrogens with one attached hydrogen (secondary N) is 3. The van der Waals surface area contributed by atoms with Gasteiger partial charge >= 0.3 is 12.0 Å². The first-order chi connectivity index (χ1) is 9.04. The number of nitrogens with zero attached hydrogens (tertiary/aromatic N) is 2. The largest absolute Gasteiger partial charge is 0.480 e. The highest BCUT2D eigenvalue weighted by Crippen LogP contribution is 2.14. The number of hydrogen-bond acceptors (Lipinski definition) is 4. The molecule has 19 heavy (non-hydrogen) atoms. The van der Waals surface area contributed by atoms with Crippen molar-refractivity contribution in [2.24, 2.45) is 0 Å². The molecule has 0 spiro atoms. The highest BCUT2D eigenvalue weighted by Gasteiger charge is 2.36. The van der Waals surface area contributed by atoms with Crippen LogP contribution in [0.5, 0.6) is 0 Å². The summed E-state index contributed by atoms with van der Waals surface area (Å²) in [5, 5.41) is 20.7. The molecule has 0 aromatic carbocycles. The first-order valence-corrected chi connectivity index (χ1v) is 6.17. The summed E-state index contributed by atoms with van der Waals surface area (Å²) in [5.74, 6) is -0.362. The molecule has 0 bridgehead atoms. The fraction of sp³-hybridized carbons (Fsp3) is 0.636. The number of carboxylic acid groups (broad SMARTS) is 1. The second-order valence-electron chi connectivity index (χ2n) is 4.16. The molecule has 0 aliphatic heterocycles. The summed E-state index contributed by atoms with van der Waals surface area (Å²) in [6.07, 6.45) is 2.55. The van der Waals surface area contributed by atoms with Crippen LogP contribution in [0.4, 0.5) is 4.79 Å². The summed E-state index contributed by atoms with van der Waals surface area (Å²) in [6, 6.07) is -0.495. The van der Waals surface area contributed by atoms with E-state index in [9.17, 15) is 14.7 Å². The number of amides is 2. The van der Waals surface area contributed by atoms with Crippen molar-refractivity contribution in [2.45, 2.75) is 38.6 Å². The van der Waals surface area contributed by atoms with Crippen LogP contribution in [-0.4, -0.2) is 44.4 Å². The van der Waals surface area contributed by atoms with Crippen molar-refractivity contribution < 1.29 is 14.7 Å². The Labute approximate surface area is 111 Å². The Morgan fingerprint density at radius 2 is 2.11 bits per heavy atom. The minimum Gasteiger partial charge on any atom is -0.480 e. The number of carboxylic acids is 1. The molecule has 8 heteroatoms. The lowest BCUT2D eigenvalue weighted by Crippen LogP contribution is -2.56. The van der Waals surface area contributed by atoms with E-state index in [1.807, 2.05) is 0 Å². The summed E-state index contributed by atoms with van der Waals surface area (Å²) < 4.78 is 0. The van der Waals surface area contributed by atoms with Gasteiger partial charge in [0.25, 0.3) is 0 Å². The molecule has 1 aromatic rings. The molecule has 0 aliphatic rings. The topological polar surface area (TPSA) is 120 Å². The number of carbonyl (C=O) groups is 2. The number of carbonyl (C=O) groups excluding carboxylic acids is 1. The van der Waals surface area contributed by atoms with Gasteiger partial charge in [0, 0.05) is 13.0 Å². The van der Waals surface area contributed by atoms with Crippen molar-refractivity contribution in [3.63, 3.8) is 0 Å². The number of rotatable bonds is 7. The maximum atomic E-state index is 11.7. The van der Waals surface area contributed by atoms with Gasteiger partial charge in [0.2, 0.25) is 0 Å². The molecule has 0 atom stereocenters. The third kappa shape index (κ3) is 3.94. The van der Waals surface area contributed by atoms with Crippen LogP contribution in [0.3, 0.4) is 0 Å². The predicted molar refractivity (Wildman–Crippen MR) is 67.6 cm³/mol. The first-order valence-electron chi connectivity index (χ1n) is 6.17. The smallest absolute Gasteiger partial charge is 0.329 e. The van der Waals surface area contributed by atoms with Crippen molar-refractivity contribution in [1.82, 2.24) is 25.8 Å². The average Bonchev–Trinajstić information content (AvgIpc) is 2.89. The molecule has 106 valence electrons. The maximum Gasteiger partial charge on any atom is 0.329 e. The van der Waals surface area contributed by atoms with E-state index in [0.717, 1.165) is 0 Å². The van der Waals surface area contributed by atoms with E-state index in [2.05, 4.69) is 25.8 Å². The summed E-state index contributed by atoms with van der Waals surface area (Å²) in [5.41, 5.74) is -1.21. The number of aromatic amines is 1. The number of H-pyrrole nitrogens is 1. The van der Waals surface area contributed by atoms with Gasteiger partial charge in [-0.25, -0.2) is 14.6 Å². The van der Waals surface area contributed by atoms with Crippen molar-refractivity contribution in [3.8, 4) is 0 Å². The van der Waals surface area contributed by atoms with Crippen LogP contribution in [0.15, 0.2) is 6.33 Å². The molecule has 0 saturated carbocycles. The second-order valence-corrected chi connectivity index (χ2v) is 4.16. The number of aromatic nitrogens is 3. The van der Waals surface area contributed by atoms with E-state index in [-0.39, 0.29) is 0 Å². The predicted octanol–water partition coefficient (Wildman–Crippen LogP) is 0.290. The van der Waals surface area contributed by atoms with Crippen LogP contribution in [0, 0.1) is 0 Å². The van der Waals surface area contributed by atoms with Crippen LogP contribution in [-0.2, 0) is 11.2 Å². The molecule has 0 fully saturated rings. The molecule has 0 aliphatic carbocycles. The number of aliphatic carboxylic acids is 1. The zero-order valence-corrected chi connectivity index (χ0v) is 11.1. The Hall–Kier alpha value is -2.12. The first kappa shape index (κ1) is 14.9. The van der Waals surface area contributed by atoms with E-state index in [0.29, 0.717) is 31.6 Å². The standard InChI is InChI=1S/C11H19N5O3/c1-3-11(4-2,9(17)18)15-10(19)12-6-5-8-13-7-14-16-8/h7H,3-6H2,1-2H3,(H,17,18)(H2,12,15,19)(H,13,14,16). The van der Waals surface area contributed by atoms with Crippen LogP contribution >= 0.6 is 0 Å². The Bertz CT molecular complexity index is 414. The molecule has 1 rings (SSSR count). The molecular weight excluding hydrogens is 250 g/mol. The molecule has 4 N–H and O–H groups in total. The number of urea groups is 1. The molecule has 1 heterocycles. The monoisotopic (exact) mass is 269 g/mol. The van der Waals surface area contributed by atoms with E-state index >= 15 is 0 Å². The third-order valence-corrected chi connectivity index (χ3v) is 3.08. The minimum atomic E-state index is -1.21. The van der Waals surface area contributed by atoms with Crippen LogP contribution in [0.25, 0.3) is 0 Å². The van der Waals surface area contributed by atoms with E-state index in [1.165, 1.54) is 6.33 Å². The van der Waals surface area contributed by atoms with Gasteiger partial charge in [0.1, 0.15) is 17.7 Å². The molecular formula is C11H19N5O3. The van der Waals surface area contributed by atoms with Crippen molar-refractivity contribution in [1.29, 1.82) is 0 Å². The highest BCUT2D eigenvalue weighted by atomic mass is 16.4. The Kier molecular flexibility index (Phi) is 5.28. The van der Waals surface area contributed by atoms with Gasteiger partial charge in [0.15, 0.2) is 0 Å². The van der Waals surface area contributed by atoms with Crippen molar-refractivity contribution in [2.75, 3.05) is 6.54 Å². The van der Waals surface area contributed by atoms with Crippen molar-refractivity contribution >= 4 is 12.0 Å². The van der Waals surface area contributed by atoms with Gasteiger partial charge in [-0.05, 0) is 12.8 Å². The van der Waals surface area contributed by atoms with E-state index in [4.69, 9.17) is 0 Å². The molecule has 0 unspecified atom stereocenters. The summed E-state index contributed by atoms with van der Waals surface area (Å²) in [4.78, 5) is 26.8. The van der Waals surface area contributed by atoms with Gasteiger partial charge in [-0.2, -0.15) is 5.10 Å². The highest BCUT2D eigenvalue weighted by molar-refractivity contribution is 5.86. The zero-order valence-electron chi connectivity index (χ0n) is 11.1. The fourth-order valence-corrected chi connectivity index (χ4v) is 1.69. The van der Waals surface area contributed by atoms with Gasteiger partial charge < -0.3 is 15.7 Å². The van der Waals surface area contributed by atoms with E-state index in [1.54, 1.807) is 13.8 Å². The lowest BCUT2D eigenvalue weighted by molar-refractivity contribution is -0.144. The fourth-order valence-electron chi connectivity index (χ4n) is 1.69. The van der Waals surface area contributed by atoms with Crippen LogP contribution in [0.1, 0.15) is 32.5 Å². The van der Waals surface area contributed by atoms with Crippen LogP contribution in [0.2, 0.25) is 0 Å². The van der Waals surface area contributed by atoms with Gasteiger partial charge in [-0.15, -0.1) is 0 Å². The summed E-state index contributed by atoms with van der Waals surface area (Å²) >= 11 is 0. The van der Waals surface area contributed by atoms with Gasteiger partial charge in [-0.1, -0.05) is 13.8 Å². The average molecular weight is 269 g/mol. The third-order valence-electron chi connectivity index (χ3n) is 3.08. The quantitative estimate of drug-likeness (QED) is 0.567.